The summed E-state index contributed by atoms with van der Waals surface area (Å²) < 4.78 is 30.4. The Morgan fingerprint density at radius 2 is 1.57 bits per heavy atom. The molecule has 2 aliphatic heterocycles. The Labute approximate surface area is 211 Å². The van der Waals surface area contributed by atoms with Crippen molar-refractivity contribution in [2.45, 2.75) is 103 Å². The number of piperidine rings is 2. The van der Waals surface area contributed by atoms with Crippen LogP contribution in [0.2, 0.25) is 0 Å². The molecule has 3 fully saturated rings. The summed E-state index contributed by atoms with van der Waals surface area (Å²) in [6, 6.07) is 0.355. The highest BCUT2D eigenvalue weighted by molar-refractivity contribution is 7.87. The molecule has 1 aliphatic carbocycles. The van der Waals surface area contributed by atoms with E-state index in [-0.39, 0.29) is 18.1 Å². The van der Waals surface area contributed by atoms with Crippen molar-refractivity contribution in [3.8, 4) is 0 Å². The van der Waals surface area contributed by atoms with Crippen molar-refractivity contribution < 1.29 is 8.42 Å². The average molecular weight is 509 g/mol. The molecule has 1 unspecified atom stereocenters. The van der Waals surface area contributed by atoms with Crippen LogP contribution in [-0.2, 0) is 10.2 Å². The van der Waals surface area contributed by atoms with Crippen LogP contribution >= 0.6 is 0 Å². The van der Waals surface area contributed by atoms with E-state index in [0.29, 0.717) is 24.4 Å². The fourth-order valence-electron chi connectivity index (χ4n) is 5.43. The van der Waals surface area contributed by atoms with Gasteiger partial charge in [-0.2, -0.15) is 32.4 Å². The maximum absolute atomic E-state index is 12.9. The van der Waals surface area contributed by atoms with Gasteiger partial charge in [0.25, 0.3) is 10.2 Å². The summed E-state index contributed by atoms with van der Waals surface area (Å²) in [4.78, 5) is 16.2. The molecule has 0 radical (unpaired) electrons. The van der Waals surface area contributed by atoms with Gasteiger partial charge < -0.3 is 15.5 Å². The lowest BCUT2D eigenvalue weighted by Gasteiger charge is -2.35. The van der Waals surface area contributed by atoms with E-state index in [1.165, 1.54) is 19.3 Å². The minimum absolute atomic E-state index is 0.0232. The van der Waals surface area contributed by atoms with Gasteiger partial charge in [-0.15, -0.1) is 0 Å². The molecule has 0 bridgehead atoms. The summed E-state index contributed by atoms with van der Waals surface area (Å²) in [5.41, 5.74) is 0. The first-order chi connectivity index (χ1) is 16.8. The lowest BCUT2D eigenvalue weighted by molar-refractivity contribution is 0.257. The van der Waals surface area contributed by atoms with Gasteiger partial charge in [0.05, 0.1) is 0 Å². The smallest absolute Gasteiger partial charge is 0.279 e. The maximum Gasteiger partial charge on any atom is 0.279 e. The van der Waals surface area contributed by atoms with Crippen molar-refractivity contribution >= 4 is 28.1 Å². The van der Waals surface area contributed by atoms with Crippen molar-refractivity contribution in [3.05, 3.63) is 0 Å². The lowest BCUT2D eigenvalue weighted by atomic mass is 9.86. The number of nitrogens with zero attached hydrogens (tertiary/aromatic N) is 5. The molecule has 0 spiro atoms. The Kier molecular flexibility index (Phi) is 9.04. The zero-order valence-corrected chi connectivity index (χ0v) is 22.5. The number of aromatic nitrogens is 3. The third-order valence-corrected chi connectivity index (χ3v) is 9.23. The second kappa shape index (κ2) is 12.0. The molecular formula is C24H44N8O2S. The first kappa shape index (κ1) is 26.3. The van der Waals surface area contributed by atoms with Crippen LogP contribution in [0.4, 0.5) is 17.8 Å². The van der Waals surface area contributed by atoms with E-state index in [1.807, 2.05) is 6.92 Å². The molecule has 0 aromatic carbocycles. The van der Waals surface area contributed by atoms with E-state index >= 15 is 0 Å². The van der Waals surface area contributed by atoms with Gasteiger partial charge in [-0.25, -0.2) is 0 Å². The van der Waals surface area contributed by atoms with E-state index < -0.39 is 10.2 Å². The summed E-state index contributed by atoms with van der Waals surface area (Å²) in [6.45, 7) is 9.57. The summed E-state index contributed by atoms with van der Waals surface area (Å²) >= 11 is 0. The van der Waals surface area contributed by atoms with Crippen molar-refractivity contribution in [3.63, 3.8) is 0 Å². The topological polar surface area (TPSA) is 115 Å². The van der Waals surface area contributed by atoms with Gasteiger partial charge in [0.1, 0.15) is 0 Å². The summed E-state index contributed by atoms with van der Waals surface area (Å²) in [5.74, 6) is 2.45. The number of hydrogen-bond donors (Lipinski definition) is 3. The highest BCUT2D eigenvalue weighted by Gasteiger charge is 2.32. The molecule has 198 valence electrons. The molecule has 1 aromatic heterocycles. The van der Waals surface area contributed by atoms with Crippen molar-refractivity contribution in [2.75, 3.05) is 41.7 Å². The van der Waals surface area contributed by atoms with Gasteiger partial charge in [0.15, 0.2) is 0 Å². The third kappa shape index (κ3) is 7.39. The lowest BCUT2D eigenvalue weighted by Crippen LogP contribution is -2.51. The van der Waals surface area contributed by atoms with Crippen LogP contribution in [0.25, 0.3) is 0 Å². The minimum Gasteiger partial charge on any atom is -0.354 e. The Morgan fingerprint density at radius 1 is 0.886 bits per heavy atom. The van der Waals surface area contributed by atoms with Crippen molar-refractivity contribution in [1.82, 2.24) is 24.0 Å². The molecule has 3 N–H and O–H groups in total. The van der Waals surface area contributed by atoms with Crippen LogP contribution in [-0.4, -0.2) is 72.0 Å². The van der Waals surface area contributed by atoms with E-state index in [1.54, 1.807) is 4.31 Å². The first-order valence-corrected chi connectivity index (χ1v) is 15.0. The SMILES string of the molecule is CC(C)Nc1nc(NCC2CCC(NS(=O)(=O)N3CCCCC3C)CC2)nc(N2CCCCC2)n1. The Bertz CT molecular complexity index is 914. The van der Waals surface area contributed by atoms with E-state index in [4.69, 9.17) is 4.98 Å². The number of hydrogen-bond acceptors (Lipinski definition) is 8. The van der Waals surface area contributed by atoms with Gasteiger partial charge in [-0.3, -0.25) is 0 Å². The summed E-state index contributed by atoms with van der Waals surface area (Å²) in [5, 5.41) is 6.77. The van der Waals surface area contributed by atoms with Crippen LogP contribution in [0.15, 0.2) is 0 Å². The summed E-state index contributed by atoms with van der Waals surface area (Å²) in [6.07, 6.45) is 10.3. The number of nitrogens with one attached hydrogen (secondary N) is 3. The highest BCUT2D eigenvalue weighted by atomic mass is 32.2. The minimum atomic E-state index is -3.41. The van der Waals surface area contributed by atoms with Crippen LogP contribution in [0.1, 0.15) is 85.0 Å². The first-order valence-electron chi connectivity index (χ1n) is 13.6. The second-order valence-corrected chi connectivity index (χ2v) is 12.5. The Hall–Kier alpha value is -1.72. The molecule has 4 rings (SSSR count). The predicted molar refractivity (Wildman–Crippen MR) is 141 cm³/mol. The van der Waals surface area contributed by atoms with Crippen LogP contribution in [0.5, 0.6) is 0 Å². The zero-order chi connectivity index (χ0) is 24.8. The molecule has 0 amide bonds. The van der Waals surface area contributed by atoms with Gasteiger partial charge >= 0.3 is 0 Å². The molecule has 35 heavy (non-hydrogen) atoms. The average Bonchev–Trinajstić information content (AvgIpc) is 2.83. The molecule has 1 atom stereocenters. The fourth-order valence-corrected chi connectivity index (χ4v) is 7.17. The highest BCUT2D eigenvalue weighted by Crippen LogP contribution is 2.27. The zero-order valence-electron chi connectivity index (χ0n) is 21.7. The molecule has 2 saturated heterocycles. The molecule has 3 aliphatic rings. The van der Waals surface area contributed by atoms with Gasteiger partial charge in [0.2, 0.25) is 17.8 Å². The standard InChI is InChI=1S/C24H44N8O2S/c1-18(2)26-23-27-22(28-24(29-23)31-14-6-4-7-15-31)25-17-20-10-12-21(13-11-20)30-35(33,34)32-16-8-5-9-19(32)3/h18-21,30H,4-17H2,1-3H3,(H2,25,26,27,28,29). The van der Waals surface area contributed by atoms with Gasteiger partial charge in [-0.1, -0.05) is 6.42 Å². The molecule has 1 saturated carbocycles. The largest absolute Gasteiger partial charge is 0.354 e. The van der Waals surface area contributed by atoms with Crippen molar-refractivity contribution in [1.29, 1.82) is 0 Å². The van der Waals surface area contributed by atoms with Gasteiger partial charge in [-0.05, 0) is 84.5 Å². The Morgan fingerprint density at radius 3 is 2.26 bits per heavy atom. The van der Waals surface area contributed by atoms with Crippen molar-refractivity contribution in [2.24, 2.45) is 5.92 Å². The predicted octanol–water partition coefficient (Wildman–Crippen LogP) is 3.36. The second-order valence-electron chi connectivity index (χ2n) is 10.8. The number of rotatable bonds is 9. The quantitative estimate of drug-likeness (QED) is 0.465. The fraction of sp³-hybridized carbons (Fsp3) is 0.875. The van der Waals surface area contributed by atoms with Crippen LogP contribution < -0.4 is 20.3 Å². The van der Waals surface area contributed by atoms with E-state index in [9.17, 15) is 8.42 Å². The molecule has 11 heteroatoms. The molecule has 3 heterocycles. The summed E-state index contributed by atoms with van der Waals surface area (Å²) in [7, 11) is -3.41. The normalized spacial score (nSPS) is 26.6. The van der Waals surface area contributed by atoms with Crippen LogP contribution in [0, 0.1) is 5.92 Å². The molecule has 10 nitrogen and oxygen atoms in total. The number of anilines is 3. The third-order valence-electron chi connectivity index (χ3n) is 7.44. The van der Waals surface area contributed by atoms with E-state index in [2.05, 4.69) is 44.1 Å². The van der Waals surface area contributed by atoms with Gasteiger partial charge in [0, 0.05) is 44.3 Å². The molecule has 1 aromatic rings. The van der Waals surface area contributed by atoms with E-state index in [0.717, 1.165) is 70.5 Å². The molecular weight excluding hydrogens is 464 g/mol. The Balaban J connectivity index is 1.30. The maximum atomic E-state index is 12.9. The monoisotopic (exact) mass is 508 g/mol. The van der Waals surface area contributed by atoms with Crippen LogP contribution in [0.3, 0.4) is 0 Å².